The molecular formula is C10H14FN3. The number of anilines is 2. The van der Waals surface area contributed by atoms with Crippen LogP contribution in [0.5, 0.6) is 0 Å². The molecule has 4 heteroatoms. The lowest BCUT2D eigenvalue weighted by Crippen LogP contribution is -2.21. The van der Waals surface area contributed by atoms with Gasteiger partial charge in [-0.25, -0.2) is 9.37 Å². The second kappa shape index (κ2) is 3.44. The Labute approximate surface area is 82.7 Å². The van der Waals surface area contributed by atoms with Crippen molar-refractivity contribution in [1.82, 2.24) is 4.98 Å². The minimum absolute atomic E-state index is 0.455. The number of alkyl halides is 1. The third-order valence-corrected chi connectivity index (χ3v) is 2.59. The van der Waals surface area contributed by atoms with Crippen molar-refractivity contribution in [3.63, 3.8) is 0 Å². The van der Waals surface area contributed by atoms with Crippen LogP contribution in [0.4, 0.5) is 15.9 Å². The molecule has 1 fully saturated rings. The summed E-state index contributed by atoms with van der Waals surface area (Å²) in [6, 6.07) is 1.91. The highest BCUT2D eigenvalue weighted by atomic mass is 19.1. The van der Waals surface area contributed by atoms with Crippen molar-refractivity contribution in [2.24, 2.45) is 0 Å². The van der Waals surface area contributed by atoms with Crippen LogP contribution in [0, 0.1) is 6.92 Å². The first-order valence-electron chi connectivity index (χ1n) is 4.78. The maximum Gasteiger partial charge on any atom is 0.128 e. The smallest absolute Gasteiger partial charge is 0.128 e. The average molecular weight is 195 g/mol. The van der Waals surface area contributed by atoms with Gasteiger partial charge in [-0.3, -0.25) is 0 Å². The first-order chi connectivity index (χ1) is 6.66. The highest BCUT2D eigenvalue weighted by Gasteiger charge is 2.22. The lowest BCUT2D eigenvalue weighted by molar-refractivity contribution is 0.364. The Morgan fingerprint density at radius 2 is 2.43 bits per heavy atom. The van der Waals surface area contributed by atoms with Crippen LogP contribution in [0.1, 0.15) is 12.0 Å². The second-order valence-corrected chi connectivity index (χ2v) is 3.73. The Morgan fingerprint density at radius 3 is 3.00 bits per heavy atom. The van der Waals surface area contributed by atoms with Crippen LogP contribution in [-0.2, 0) is 0 Å². The van der Waals surface area contributed by atoms with Crippen LogP contribution >= 0.6 is 0 Å². The summed E-state index contributed by atoms with van der Waals surface area (Å²) in [5.41, 5.74) is 7.34. The summed E-state index contributed by atoms with van der Waals surface area (Å²) in [4.78, 5) is 6.15. The maximum absolute atomic E-state index is 12.9. The van der Waals surface area contributed by atoms with E-state index in [2.05, 4.69) is 4.98 Å². The number of aromatic nitrogens is 1. The quantitative estimate of drug-likeness (QED) is 0.738. The average Bonchev–Trinajstić information content (AvgIpc) is 2.57. The van der Waals surface area contributed by atoms with Crippen LogP contribution < -0.4 is 10.6 Å². The normalized spacial score (nSPS) is 21.6. The van der Waals surface area contributed by atoms with Gasteiger partial charge in [-0.05, 0) is 25.0 Å². The molecule has 0 amide bonds. The summed E-state index contributed by atoms with van der Waals surface area (Å²) >= 11 is 0. The van der Waals surface area contributed by atoms with Crippen molar-refractivity contribution < 1.29 is 4.39 Å². The van der Waals surface area contributed by atoms with E-state index in [4.69, 9.17) is 5.73 Å². The predicted octanol–water partition coefficient (Wildman–Crippen LogP) is 1.52. The number of nitrogen functional groups attached to an aromatic ring is 1. The molecule has 0 spiro atoms. The Kier molecular flexibility index (Phi) is 2.27. The molecule has 1 aliphatic heterocycles. The van der Waals surface area contributed by atoms with Gasteiger partial charge in [-0.2, -0.15) is 0 Å². The molecule has 14 heavy (non-hydrogen) atoms. The largest absolute Gasteiger partial charge is 0.397 e. The molecule has 0 aliphatic carbocycles. The predicted molar refractivity (Wildman–Crippen MR) is 55.1 cm³/mol. The van der Waals surface area contributed by atoms with Crippen LogP contribution in [0.3, 0.4) is 0 Å². The number of nitrogens with zero attached hydrogens (tertiary/aromatic N) is 2. The molecule has 3 nitrogen and oxygen atoms in total. The summed E-state index contributed by atoms with van der Waals surface area (Å²) in [7, 11) is 0. The van der Waals surface area contributed by atoms with Gasteiger partial charge in [-0.1, -0.05) is 0 Å². The van der Waals surface area contributed by atoms with Gasteiger partial charge in [0.1, 0.15) is 12.0 Å². The third kappa shape index (κ3) is 1.64. The summed E-state index contributed by atoms with van der Waals surface area (Å²) in [5.74, 6) is 0.830. The van der Waals surface area contributed by atoms with Gasteiger partial charge >= 0.3 is 0 Å². The summed E-state index contributed by atoms with van der Waals surface area (Å²) in [6.45, 7) is 3.14. The van der Waals surface area contributed by atoms with E-state index < -0.39 is 6.17 Å². The highest BCUT2D eigenvalue weighted by Crippen LogP contribution is 2.22. The van der Waals surface area contributed by atoms with Crippen molar-refractivity contribution >= 4 is 11.5 Å². The standard InChI is InChI=1S/C10H14FN3/c1-7-4-10(13-5-9(7)12)14-3-2-8(11)6-14/h4-5,8H,2-3,6,12H2,1H3. The molecule has 1 atom stereocenters. The minimum atomic E-state index is -0.713. The van der Waals surface area contributed by atoms with E-state index >= 15 is 0 Å². The lowest BCUT2D eigenvalue weighted by atomic mass is 10.2. The number of rotatable bonds is 1. The summed E-state index contributed by atoms with van der Waals surface area (Å²) in [5, 5.41) is 0. The molecule has 0 radical (unpaired) electrons. The molecular weight excluding hydrogens is 181 g/mol. The van der Waals surface area contributed by atoms with E-state index in [1.165, 1.54) is 0 Å². The Balaban J connectivity index is 2.20. The van der Waals surface area contributed by atoms with E-state index in [1.54, 1.807) is 6.20 Å². The van der Waals surface area contributed by atoms with Gasteiger partial charge in [0, 0.05) is 6.54 Å². The van der Waals surface area contributed by atoms with Gasteiger partial charge in [0.15, 0.2) is 0 Å². The van der Waals surface area contributed by atoms with Crippen molar-refractivity contribution in [1.29, 1.82) is 0 Å². The SMILES string of the molecule is Cc1cc(N2CCC(F)C2)ncc1N. The molecule has 0 bridgehead atoms. The fraction of sp³-hybridized carbons (Fsp3) is 0.500. The first kappa shape index (κ1) is 9.24. The van der Waals surface area contributed by atoms with Crippen molar-refractivity contribution in [2.75, 3.05) is 23.7 Å². The van der Waals surface area contributed by atoms with Crippen LogP contribution in [-0.4, -0.2) is 24.2 Å². The molecule has 1 saturated heterocycles. The van der Waals surface area contributed by atoms with Gasteiger partial charge in [0.2, 0.25) is 0 Å². The van der Waals surface area contributed by atoms with Crippen molar-refractivity contribution in [2.45, 2.75) is 19.5 Å². The molecule has 0 saturated carbocycles. The first-order valence-corrected chi connectivity index (χ1v) is 4.78. The topological polar surface area (TPSA) is 42.2 Å². The van der Waals surface area contributed by atoms with Crippen LogP contribution in [0.25, 0.3) is 0 Å². The van der Waals surface area contributed by atoms with Crippen molar-refractivity contribution in [3.05, 3.63) is 17.8 Å². The molecule has 0 aromatic carbocycles. The van der Waals surface area contributed by atoms with E-state index in [1.807, 2.05) is 17.9 Å². The lowest BCUT2D eigenvalue weighted by Gasteiger charge is -2.16. The minimum Gasteiger partial charge on any atom is -0.397 e. The second-order valence-electron chi connectivity index (χ2n) is 3.73. The van der Waals surface area contributed by atoms with Gasteiger partial charge in [0.25, 0.3) is 0 Å². The molecule has 1 unspecified atom stereocenters. The number of nitrogens with two attached hydrogens (primary N) is 1. The number of halogens is 1. The van der Waals surface area contributed by atoms with E-state index in [0.717, 1.165) is 17.9 Å². The molecule has 2 heterocycles. The number of hydrogen-bond acceptors (Lipinski definition) is 3. The fourth-order valence-electron chi connectivity index (χ4n) is 1.65. The Morgan fingerprint density at radius 1 is 1.64 bits per heavy atom. The number of aryl methyl sites for hydroxylation is 1. The van der Waals surface area contributed by atoms with E-state index in [0.29, 0.717) is 18.7 Å². The molecule has 76 valence electrons. The van der Waals surface area contributed by atoms with Crippen molar-refractivity contribution in [3.8, 4) is 0 Å². The molecule has 2 N–H and O–H groups in total. The Hall–Kier alpha value is -1.32. The fourth-order valence-corrected chi connectivity index (χ4v) is 1.65. The zero-order valence-electron chi connectivity index (χ0n) is 8.20. The summed E-state index contributed by atoms with van der Waals surface area (Å²) in [6.07, 6.45) is 1.52. The van der Waals surface area contributed by atoms with E-state index in [9.17, 15) is 4.39 Å². The van der Waals surface area contributed by atoms with Gasteiger partial charge in [-0.15, -0.1) is 0 Å². The third-order valence-electron chi connectivity index (χ3n) is 2.59. The summed E-state index contributed by atoms with van der Waals surface area (Å²) < 4.78 is 12.9. The maximum atomic E-state index is 12.9. The van der Waals surface area contributed by atoms with Gasteiger partial charge < -0.3 is 10.6 Å². The van der Waals surface area contributed by atoms with Crippen LogP contribution in [0.2, 0.25) is 0 Å². The number of hydrogen-bond donors (Lipinski definition) is 1. The zero-order valence-corrected chi connectivity index (χ0v) is 8.20. The van der Waals surface area contributed by atoms with Crippen LogP contribution in [0.15, 0.2) is 12.3 Å². The number of pyridine rings is 1. The molecule has 2 rings (SSSR count). The molecule has 1 aromatic heterocycles. The highest BCUT2D eigenvalue weighted by molar-refractivity contribution is 5.52. The molecule has 1 aliphatic rings. The Bertz CT molecular complexity index is 340. The van der Waals surface area contributed by atoms with E-state index in [-0.39, 0.29) is 0 Å². The van der Waals surface area contributed by atoms with Gasteiger partial charge in [0.05, 0.1) is 18.4 Å². The zero-order chi connectivity index (χ0) is 10.1. The monoisotopic (exact) mass is 195 g/mol. The molecule has 1 aromatic rings.